The minimum Gasteiger partial charge on any atom is -0.454 e. The molecule has 9 nitrogen and oxygen atoms in total. The summed E-state index contributed by atoms with van der Waals surface area (Å²) >= 11 is 0. The van der Waals surface area contributed by atoms with Crippen molar-refractivity contribution in [2.75, 3.05) is 31.3 Å². The Bertz CT molecular complexity index is 1100. The molecule has 2 heterocycles. The Kier molecular flexibility index (Phi) is 5.84. The average Bonchev–Trinajstić information content (AvgIpc) is 3.37. The van der Waals surface area contributed by atoms with Crippen LogP contribution in [0, 0.1) is 12.8 Å². The summed E-state index contributed by atoms with van der Waals surface area (Å²) in [7, 11) is -3.64. The highest BCUT2D eigenvalue weighted by Gasteiger charge is 2.35. The van der Waals surface area contributed by atoms with Crippen molar-refractivity contribution in [1.29, 1.82) is 0 Å². The molecule has 2 amide bonds. The van der Waals surface area contributed by atoms with Gasteiger partial charge in [0.05, 0.1) is 10.8 Å². The molecule has 2 aliphatic rings. The predicted molar refractivity (Wildman–Crippen MR) is 112 cm³/mol. The third-order valence-electron chi connectivity index (χ3n) is 5.21. The molecule has 1 atom stereocenters. The number of rotatable bonds is 7. The number of hydrogen-bond acceptors (Lipinski definition) is 6. The van der Waals surface area contributed by atoms with E-state index >= 15 is 0 Å². The summed E-state index contributed by atoms with van der Waals surface area (Å²) in [5.41, 5.74) is 1.61. The number of fused-ring (bicyclic) bond motifs is 1. The van der Waals surface area contributed by atoms with Gasteiger partial charge in [0, 0.05) is 37.8 Å². The maximum Gasteiger partial charge on any atom is 0.240 e. The molecule has 4 rings (SSSR count). The van der Waals surface area contributed by atoms with Crippen LogP contribution in [0.5, 0.6) is 11.5 Å². The zero-order valence-electron chi connectivity index (χ0n) is 17.0. The SMILES string of the molecule is Cc1ccc(S(=O)(=O)NCCNC(=O)[C@H]2CC(=O)N(c3ccc4c(c3)OCO4)C2)cc1. The Morgan fingerprint density at radius 2 is 1.84 bits per heavy atom. The smallest absolute Gasteiger partial charge is 0.240 e. The maximum absolute atomic E-state index is 12.5. The highest BCUT2D eigenvalue weighted by Crippen LogP contribution is 2.37. The van der Waals surface area contributed by atoms with Crippen molar-refractivity contribution < 1.29 is 27.5 Å². The number of carbonyl (C=O) groups is 2. The largest absolute Gasteiger partial charge is 0.454 e. The molecule has 0 aliphatic carbocycles. The first-order valence-electron chi connectivity index (χ1n) is 9.87. The van der Waals surface area contributed by atoms with Gasteiger partial charge < -0.3 is 19.7 Å². The van der Waals surface area contributed by atoms with Crippen LogP contribution in [0.4, 0.5) is 5.69 Å². The number of aryl methyl sites for hydroxylation is 1. The first kappa shape index (κ1) is 21.1. The topological polar surface area (TPSA) is 114 Å². The number of carbonyl (C=O) groups excluding carboxylic acids is 2. The molecule has 0 unspecified atom stereocenters. The number of nitrogens with zero attached hydrogens (tertiary/aromatic N) is 1. The molecular formula is C21H23N3O6S. The summed E-state index contributed by atoms with van der Waals surface area (Å²) in [6.45, 7) is 2.44. The lowest BCUT2D eigenvalue weighted by Gasteiger charge is -2.17. The third-order valence-corrected chi connectivity index (χ3v) is 6.69. The van der Waals surface area contributed by atoms with Gasteiger partial charge in [-0.2, -0.15) is 0 Å². The molecule has 0 bridgehead atoms. The van der Waals surface area contributed by atoms with Gasteiger partial charge in [0.1, 0.15) is 0 Å². The number of sulfonamides is 1. The highest BCUT2D eigenvalue weighted by molar-refractivity contribution is 7.89. The molecule has 10 heteroatoms. The normalized spacial score (nSPS) is 17.8. The molecule has 2 aliphatic heterocycles. The Hall–Kier alpha value is -3.11. The summed E-state index contributed by atoms with van der Waals surface area (Å²) in [5, 5.41) is 2.70. The van der Waals surface area contributed by atoms with Gasteiger partial charge in [-0.05, 0) is 31.2 Å². The predicted octanol–water partition coefficient (Wildman–Crippen LogP) is 1.17. The minimum absolute atomic E-state index is 0.0501. The second kappa shape index (κ2) is 8.56. The second-order valence-corrected chi connectivity index (χ2v) is 9.21. The van der Waals surface area contributed by atoms with Crippen LogP contribution >= 0.6 is 0 Å². The van der Waals surface area contributed by atoms with Crippen LogP contribution < -0.4 is 24.4 Å². The van der Waals surface area contributed by atoms with Crippen molar-refractivity contribution in [2.45, 2.75) is 18.2 Å². The zero-order chi connectivity index (χ0) is 22.0. The molecule has 31 heavy (non-hydrogen) atoms. The molecule has 0 saturated carbocycles. The molecule has 1 fully saturated rings. The van der Waals surface area contributed by atoms with Gasteiger partial charge >= 0.3 is 0 Å². The summed E-state index contributed by atoms with van der Waals surface area (Å²) in [4.78, 5) is 26.6. The van der Waals surface area contributed by atoms with Crippen LogP contribution in [0.25, 0.3) is 0 Å². The number of amides is 2. The number of anilines is 1. The summed E-state index contributed by atoms with van der Waals surface area (Å²) in [6.07, 6.45) is 0.0926. The van der Waals surface area contributed by atoms with Crippen molar-refractivity contribution in [3.63, 3.8) is 0 Å². The fourth-order valence-electron chi connectivity index (χ4n) is 3.50. The summed E-state index contributed by atoms with van der Waals surface area (Å²) in [5.74, 6) is 0.244. The maximum atomic E-state index is 12.5. The fraction of sp³-hybridized carbons (Fsp3) is 0.333. The van der Waals surface area contributed by atoms with Gasteiger partial charge in [0.2, 0.25) is 28.6 Å². The van der Waals surface area contributed by atoms with E-state index in [1.54, 1.807) is 35.2 Å². The molecule has 0 radical (unpaired) electrons. The van der Waals surface area contributed by atoms with E-state index < -0.39 is 15.9 Å². The van der Waals surface area contributed by atoms with E-state index in [1.807, 2.05) is 6.92 Å². The summed E-state index contributed by atoms with van der Waals surface area (Å²) in [6, 6.07) is 11.7. The first-order chi connectivity index (χ1) is 14.8. The van der Waals surface area contributed by atoms with E-state index in [1.165, 1.54) is 12.1 Å². The molecule has 2 N–H and O–H groups in total. The van der Waals surface area contributed by atoms with Crippen LogP contribution in [-0.2, 0) is 19.6 Å². The van der Waals surface area contributed by atoms with E-state index in [4.69, 9.17) is 9.47 Å². The zero-order valence-corrected chi connectivity index (χ0v) is 17.8. The van der Waals surface area contributed by atoms with Crippen LogP contribution in [0.2, 0.25) is 0 Å². The molecular weight excluding hydrogens is 422 g/mol. The second-order valence-electron chi connectivity index (χ2n) is 7.44. The van der Waals surface area contributed by atoms with Crippen molar-refractivity contribution in [1.82, 2.24) is 10.0 Å². The Morgan fingerprint density at radius 3 is 2.61 bits per heavy atom. The Morgan fingerprint density at radius 1 is 1.10 bits per heavy atom. The van der Waals surface area contributed by atoms with Crippen molar-refractivity contribution in [3.8, 4) is 11.5 Å². The number of hydrogen-bond donors (Lipinski definition) is 2. The lowest BCUT2D eigenvalue weighted by molar-refractivity contribution is -0.126. The molecule has 0 spiro atoms. The molecule has 2 aromatic carbocycles. The van der Waals surface area contributed by atoms with Gasteiger partial charge in [-0.25, -0.2) is 13.1 Å². The van der Waals surface area contributed by atoms with Gasteiger partial charge in [0.25, 0.3) is 0 Å². The van der Waals surface area contributed by atoms with Gasteiger partial charge in [-0.3, -0.25) is 9.59 Å². The van der Waals surface area contributed by atoms with Crippen molar-refractivity contribution in [3.05, 3.63) is 48.0 Å². The van der Waals surface area contributed by atoms with Crippen molar-refractivity contribution >= 4 is 27.5 Å². The lowest BCUT2D eigenvalue weighted by Crippen LogP contribution is -2.38. The fourth-order valence-corrected chi connectivity index (χ4v) is 4.53. The van der Waals surface area contributed by atoms with E-state index in [9.17, 15) is 18.0 Å². The van der Waals surface area contributed by atoms with E-state index in [0.717, 1.165) is 5.56 Å². The van der Waals surface area contributed by atoms with Gasteiger partial charge in [-0.1, -0.05) is 17.7 Å². The van der Waals surface area contributed by atoms with E-state index in [-0.39, 0.29) is 49.6 Å². The standard InChI is InChI=1S/C21H23N3O6S/c1-14-2-5-17(6-3-14)31(27,28)23-9-8-22-21(26)15-10-20(25)24(12-15)16-4-7-18-19(11-16)30-13-29-18/h2-7,11,15,23H,8-10,12-13H2,1H3,(H,22,26)/t15-/m0/s1. The third kappa shape index (κ3) is 4.64. The van der Waals surface area contributed by atoms with Gasteiger partial charge in [-0.15, -0.1) is 0 Å². The highest BCUT2D eigenvalue weighted by atomic mass is 32.2. The summed E-state index contributed by atoms with van der Waals surface area (Å²) < 4.78 is 37.6. The molecule has 2 aromatic rings. The lowest BCUT2D eigenvalue weighted by atomic mass is 10.1. The Balaban J connectivity index is 1.27. The number of ether oxygens (including phenoxy) is 2. The minimum atomic E-state index is -3.64. The Labute approximate surface area is 180 Å². The number of nitrogens with one attached hydrogen (secondary N) is 2. The number of benzene rings is 2. The molecule has 0 aromatic heterocycles. The first-order valence-corrected chi connectivity index (χ1v) is 11.4. The quantitative estimate of drug-likeness (QED) is 0.619. The van der Waals surface area contributed by atoms with Crippen LogP contribution in [0.1, 0.15) is 12.0 Å². The average molecular weight is 445 g/mol. The molecule has 1 saturated heterocycles. The van der Waals surface area contributed by atoms with E-state index in [2.05, 4.69) is 10.0 Å². The van der Waals surface area contributed by atoms with Gasteiger partial charge in [0.15, 0.2) is 11.5 Å². The van der Waals surface area contributed by atoms with Crippen LogP contribution in [0.15, 0.2) is 47.4 Å². The van der Waals surface area contributed by atoms with Crippen molar-refractivity contribution in [2.24, 2.45) is 5.92 Å². The van der Waals surface area contributed by atoms with Crippen LogP contribution in [-0.4, -0.2) is 46.7 Å². The van der Waals surface area contributed by atoms with Crippen LogP contribution in [0.3, 0.4) is 0 Å². The monoisotopic (exact) mass is 445 g/mol. The van der Waals surface area contributed by atoms with E-state index in [0.29, 0.717) is 17.2 Å². The molecule has 164 valence electrons.